The van der Waals surface area contributed by atoms with Crippen LogP contribution in [-0.4, -0.2) is 4.98 Å². The molecule has 3 aromatic rings. The Bertz CT molecular complexity index is 899. The monoisotopic (exact) mass is 327 g/mol. The third-order valence-corrected chi connectivity index (χ3v) is 4.44. The molecule has 0 saturated carbocycles. The zero-order valence-electron chi connectivity index (χ0n) is 13.3. The maximum Gasteiger partial charge on any atom is 0.189 e. The van der Waals surface area contributed by atoms with E-state index in [0.29, 0.717) is 16.5 Å². The first-order valence-corrected chi connectivity index (χ1v) is 8.11. The number of aromatic nitrogens is 1. The molecule has 2 N–H and O–H groups in total. The van der Waals surface area contributed by atoms with Crippen LogP contribution in [0.15, 0.2) is 42.7 Å². The molecule has 2 aromatic carbocycles. The van der Waals surface area contributed by atoms with E-state index in [1.807, 2.05) is 32.0 Å². The van der Waals surface area contributed by atoms with Crippen molar-refractivity contribution in [3.05, 3.63) is 65.2 Å². The molecule has 0 spiro atoms. The Kier molecular flexibility index (Phi) is 4.05. The number of hydrogen-bond acceptors (Lipinski definition) is 4. The Labute approximate surface area is 138 Å². The molecule has 0 fully saturated rings. The van der Waals surface area contributed by atoms with Gasteiger partial charge in [0.25, 0.3) is 0 Å². The van der Waals surface area contributed by atoms with E-state index in [1.54, 1.807) is 0 Å². The summed E-state index contributed by atoms with van der Waals surface area (Å²) in [4.78, 5) is 4.30. The molecule has 0 bridgehead atoms. The van der Waals surface area contributed by atoms with E-state index in [9.17, 15) is 4.39 Å². The summed E-state index contributed by atoms with van der Waals surface area (Å²) in [5.41, 5.74) is 4.61. The van der Waals surface area contributed by atoms with Crippen LogP contribution in [0.1, 0.15) is 16.7 Å². The van der Waals surface area contributed by atoms with Crippen molar-refractivity contribution in [2.75, 3.05) is 10.6 Å². The Morgan fingerprint density at radius 2 is 1.87 bits per heavy atom. The topological polar surface area (TPSA) is 37.0 Å². The number of rotatable bonds is 4. The minimum atomic E-state index is -0.294. The highest BCUT2D eigenvalue weighted by Crippen LogP contribution is 2.29. The van der Waals surface area contributed by atoms with Gasteiger partial charge in [0.1, 0.15) is 11.3 Å². The van der Waals surface area contributed by atoms with Crippen LogP contribution in [0.3, 0.4) is 0 Å². The lowest BCUT2D eigenvalue weighted by Crippen LogP contribution is -2.08. The van der Waals surface area contributed by atoms with E-state index in [2.05, 4.69) is 35.2 Å². The van der Waals surface area contributed by atoms with Crippen LogP contribution >= 0.6 is 11.3 Å². The molecule has 0 atom stereocenters. The van der Waals surface area contributed by atoms with Crippen LogP contribution in [0, 0.1) is 26.6 Å². The highest BCUT2D eigenvalue weighted by molar-refractivity contribution is 7.22. The molecule has 0 radical (unpaired) electrons. The highest BCUT2D eigenvalue weighted by atomic mass is 32.1. The van der Waals surface area contributed by atoms with Crippen molar-refractivity contribution in [1.29, 1.82) is 0 Å². The van der Waals surface area contributed by atoms with Crippen molar-refractivity contribution in [3.63, 3.8) is 0 Å². The van der Waals surface area contributed by atoms with E-state index in [0.717, 1.165) is 21.5 Å². The summed E-state index contributed by atoms with van der Waals surface area (Å²) in [6.07, 6.45) is 0. The fourth-order valence-corrected chi connectivity index (χ4v) is 3.45. The molecule has 1 aromatic heterocycles. The first kappa shape index (κ1) is 15.5. The van der Waals surface area contributed by atoms with Gasteiger partial charge in [-0.1, -0.05) is 35.6 Å². The van der Waals surface area contributed by atoms with Gasteiger partial charge in [0, 0.05) is 5.69 Å². The molecule has 0 aliphatic rings. The minimum absolute atomic E-state index is 0.294. The molecule has 1 heterocycles. The quantitative estimate of drug-likeness (QED) is 0.677. The second-order valence-corrected chi connectivity index (χ2v) is 6.69. The van der Waals surface area contributed by atoms with Gasteiger partial charge < -0.3 is 10.6 Å². The van der Waals surface area contributed by atoms with Crippen molar-refractivity contribution < 1.29 is 4.39 Å². The summed E-state index contributed by atoms with van der Waals surface area (Å²) in [5.74, 6) is 0.311. The third kappa shape index (κ3) is 3.35. The first-order chi connectivity index (χ1) is 10.9. The molecule has 5 heteroatoms. The largest absolute Gasteiger partial charge is 0.342 e. The summed E-state index contributed by atoms with van der Waals surface area (Å²) in [6.45, 7) is 9.94. The standard InChI is InChI=1S/C18H18FN3S/c1-10-5-6-15(12(3)7-10)20-13(4)21-18-22-17-14(19)8-11(2)9-16(17)23-18/h5-9,20H,4H2,1-3H3,(H,21,22). The van der Waals surface area contributed by atoms with Crippen LogP contribution in [0.4, 0.5) is 15.2 Å². The summed E-state index contributed by atoms with van der Waals surface area (Å²) in [7, 11) is 0. The van der Waals surface area contributed by atoms with Gasteiger partial charge >= 0.3 is 0 Å². The number of anilines is 2. The van der Waals surface area contributed by atoms with Crippen molar-refractivity contribution in [2.45, 2.75) is 20.8 Å². The number of nitrogens with one attached hydrogen (secondary N) is 2. The van der Waals surface area contributed by atoms with E-state index in [4.69, 9.17) is 0 Å². The normalized spacial score (nSPS) is 10.8. The average molecular weight is 327 g/mol. The van der Waals surface area contributed by atoms with Gasteiger partial charge in [0.15, 0.2) is 10.9 Å². The van der Waals surface area contributed by atoms with E-state index in [1.165, 1.54) is 23.0 Å². The van der Waals surface area contributed by atoms with Crippen molar-refractivity contribution in [3.8, 4) is 0 Å². The van der Waals surface area contributed by atoms with Gasteiger partial charge in [-0.3, -0.25) is 0 Å². The number of halogens is 1. The SMILES string of the molecule is C=C(Nc1nc2c(F)cc(C)cc2s1)Nc1ccc(C)cc1C. The Morgan fingerprint density at radius 3 is 2.61 bits per heavy atom. The lowest BCUT2D eigenvalue weighted by molar-refractivity contribution is 0.636. The van der Waals surface area contributed by atoms with Gasteiger partial charge in [-0.15, -0.1) is 0 Å². The van der Waals surface area contributed by atoms with Crippen LogP contribution in [0.5, 0.6) is 0 Å². The molecular weight excluding hydrogens is 309 g/mol. The van der Waals surface area contributed by atoms with Gasteiger partial charge in [-0.05, 0) is 50.1 Å². The minimum Gasteiger partial charge on any atom is -0.342 e. The summed E-state index contributed by atoms with van der Waals surface area (Å²) in [6, 6.07) is 9.58. The maximum absolute atomic E-state index is 13.9. The second kappa shape index (κ2) is 6.01. The lowest BCUT2D eigenvalue weighted by atomic mass is 10.1. The number of hydrogen-bond donors (Lipinski definition) is 2. The van der Waals surface area contributed by atoms with Crippen LogP contribution in [0.2, 0.25) is 0 Å². The number of thiazole rings is 1. The Morgan fingerprint density at radius 1 is 1.09 bits per heavy atom. The molecule has 118 valence electrons. The molecule has 0 unspecified atom stereocenters. The molecule has 23 heavy (non-hydrogen) atoms. The summed E-state index contributed by atoms with van der Waals surface area (Å²) < 4.78 is 14.7. The van der Waals surface area contributed by atoms with Gasteiger partial charge in [0.2, 0.25) is 0 Å². The average Bonchev–Trinajstić information content (AvgIpc) is 2.84. The van der Waals surface area contributed by atoms with E-state index < -0.39 is 0 Å². The molecular formula is C18H18FN3S. The number of benzene rings is 2. The molecule has 3 rings (SSSR count). The molecule has 0 aliphatic carbocycles. The third-order valence-electron chi connectivity index (χ3n) is 3.52. The van der Waals surface area contributed by atoms with Crippen LogP contribution in [-0.2, 0) is 0 Å². The zero-order chi connectivity index (χ0) is 16.6. The predicted octanol–water partition coefficient (Wildman–Crippen LogP) is 5.36. The summed E-state index contributed by atoms with van der Waals surface area (Å²) in [5, 5.41) is 6.94. The van der Waals surface area contributed by atoms with Crippen LogP contribution < -0.4 is 10.6 Å². The highest BCUT2D eigenvalue weighted by Gasteiger charge is 2.10. The molecule has 0 aliphatic heterocycles. The van der Waals surface area contributed by atoms with Crippen molar-refractivity contribution >= 4 is 32.4 Å². The Hall–Kier alpha value is -2.40. The molecule has 0 amide bonds. The lowest BCUT2D eigenvalue weighted by Gasteiger charge is -2.12. The zero-order valence-corrected chi connectivity index (χ0v) is 14.1. The maximum atomic E-state index is 13.9. The number of nitrogens with zero attached hydrogens (tertiary/aromatic N) is 1. The predicted molar refractivity (Wildman–Crippen MR) is 96.6 cm³/mol. The number of aryl methyl sites for hydroxylation is 3. The summed E-state index contributed by atoms with van der Waals surface area (Å²) >= 11 is 1.41. The second-order valence-electron chi connectivity index (χ2n) is 5.66. The van der Waals surface area contributed by atoms with E-state index >= 15 is 0 Å². The number of fused-ring (bicyclic) bond motifs is 1. The van der Waals surface area contributed by atoms with Crippen molar-refractivity contribution in [2.24, 2.45) is 0 Å². The smallest absolute Gasteiger partial charge is 0.189 e. The van der Waals surface area contributed by atoms with Gasteiger partial charge in [0.05, 0.1) is 4.70 Å². The molecule has 3 nitrogen and oxygen atoms in total. The van der Waals surface area contributed by atoms with Gasteiger partial charge in [-0.2, -0.15) is 0 Å². The fraction of sp³-hybridized carbons (Fsp3) is 0.167. The first-order valence-electron chi connectivity index (χ1n) is 7.29. The Balaban J connectivity index is 1.79. The van der Waals surface area contributed by atoms with Gasteiger partial charge in [-0.25, -0.2) is 9.37 Å². The molecule has 0 saturated heterocycles. The van der Waals surface area contributed by atoms with E-state index in [-0.39, 0.29) is 5.82 Å². The van der Waals surface area contributed by atoms with Crippen molar-refractivity contribution in [1.82, 2.24) is 4.98 Å². The fourth-order valence-electron chi connectivity index (χ4n) is 2.45. The van der Waals surface area contributed by atoms with Crippen LogP contribution in [0.25, 0.3) is 10.2 Å².